The van der Waals surface area contributed by atoms with Crippen LogP contribution in [0.25, 0.3) is 6.08 Å². The Labute approximate surface area is 187 Å². The van der Waals surface area contributed by atoms with E-state index in [1.807, 2.05) is 66.1 Å². The van der Waals surface area contributed by atoms with Crippen molar-refractivity contribution in [1.29, 1.82) is 0 Å². The average molecular weight is 435 g/mol. The minimum Gasteiger partial charge on any atom is -0.493 e. The molecule has 0 saturated carbocycles. The van der Waals surface area contributed by atoms with Crippen molar-refractivity contribution in [2.75, 3.05) is 19.8 Å². The van der Waals surface area contributed by atoms with Gasteiger partial charge in [0.15, 0.2) is 0 Å². The number of aromatic nitrogens is 1. The van der Waals surface area contributed by atoms with Gasteiger partial charge < -0.3 is 14.4 Å². The van der Waals surface area contributed by atoms with Crippen LogP contribution in [0.1, 0.15) is 22.6 Å². The van der Waals surface area contributed by atoms with Gasteiger partial charge in [0, 0.05) is 36.2 Å². The molecule has 1 aromatic carbocycles. The first-order valence-electron chi connectivity index (χ1n) is 10.5. The SMILES string of the molecule is O=C(/C=C/c1cccs1)N(Cc1cccc(OC[C@@H]2CCOC2)c1)Cc1ccccn1. The summed E-state index contributed by atoms with van der Waals surface area (Å²) in [7, 11) is 0. The molecule has 160 valence electrons. The van der Waals surface area contributed by atoms with Crippen LogP contribution in [0, 0.1) is 5.92 Å². The maximum Gasteiger partial charge on any atom is 0.247 e. The van der Waals surface area contributed by atoms with Crippen LogP contribution in [-0.4, -0.2) is 35.6 Å². The first-order chi connectivity index (χ1) is 15.3. The normalized spacial score (nSPS) is 15.9. The second-order valence-electron chi connectivity index (χ2n) is 7.55. The molecule has 5 nitrogen and oxygen atoms in total. The van der Waals surface area contributed by atoms with E-state index in [1.165, 1.54) is 0 Å². The molecule has 6 heteroatoms. The van der Waals surface area contributed by atoms with E-state index in [4.69, 9.17) is 9.47 Å². The number of nitrogens with zero attached hydrogens (tertiary/aromatic N) is 2. The molecule has 31 heavy (non-hydrogen) atoms. The van der Waals surface area contributed by atoms with Crippen LogP contribution in [0.2, 0.25) is 0 Å². The van der Waals surface area contributed by atoms with Crippen LogP contribution in [-0.2, 0) is 22.6 Å². The molecule has 0 aliphatic carbocycles. The number of carbonyl (C=O) groups excluding carboxylic acids is 1. The number of hydrogen-bond donors (Lipinski definition) is 0. The predicted molar refractivity (Wildman–Crippen MR) is 123 cm³/mol. The van der Waals surface area contributed by atoms with Gasteiger partial charge in [-0.3, -0.25) is 9.78 Å². The summed E-state index contributed by atoms with van der Waals surface area (Å²) in [4.78, 5) is 20.2. The molecule has 1 saturated heterocycles. The Kier molecular flexibility index (Phi) is 7.47. The Morgan fingerprint density at radius 1 is 1.19 bits per heavy atom. The van der Waals surface area contributed by atoms with E-state index in [9.17, 15) is 4.79 Å². The maximum absolute atomic E-state index is 13.0. The molecule has 3 heterocycles. The summed E-state index contributed by atoms with van der Waals surface area (Å²) >= 11 is 1.61. The van der Waals surface area contributed by atoms with Gasteiger partial charge in [0.25, 0.3) is 0 Å². The van der Waals surface area contributed by atoms with E-state index in [0.29, 0.717) is 25.6 Å². The van der Waals surface area contributed by atoms with E-state index in [0.717, 1.165) is 41.5 Å². The number of pyridine rings is 1. The van der Waals surface area contributed by atoms with Gasteiger partial charge in [-0.2, -0.15) is 0 Å². The Balaban J connectivity index is 1.45. The quantitative estimate of drug-likeness (QED) is 0.454. The highest BCUT2D eigenvalue weighted by Gasteiger charge is 2.17. The summed E-state index contributed by atoms with van der Waals surface area (Å²) in [6.45, 7) is 3.16. The highest BCUT2D eigenvalue weighted by atomic mass is 32.1. The Morgan fingerprint density at radius 2 is 2.16 bits per heavy atom. The summed E-state index contributed by atoms with van der Waals surface area (Å²) in [6, 6.07) is 17.7. The van der Waals surface area contributed by atoms with Gasteiger partial charge in [0.2, 0.25) is 5.91 Å². The van der Waals surface area contributed by atoms with E-state index < -0.39 is 0 Å². The molecule has 1 amide bonds. The third-order valence-electron chi connectivity index (χ3n) is 5.11. The molecule has 0 N–H and O–H groups in total. The van der Waals surface area contributed by atoms with Crippen molar-refractivity contribution in [3.63, 3.8) is 0 Å². The van der Waals surface area contributed by atoms with Gasteiger partial charge in [-0.15, -0.1) is 11.3 Å². The molecule has 0 radical (unpaired) electrons. The number of hydrogen-bond acceptors (Lipinski definition) is 5. The lowest BCUT2D eigenvalue weighted by atomic mass is 10.1. The third-order valence-corrected chi connectivity index (χ3v) is 5.94. The lowest BCUT2D eigenvalue weighted by Crippen LogP contribution is -2.28. The summed E-state index contributed by atoms with van der Waals surface area (Å²) in [5, 5.41) is 2.00. The fraction of sp³-hybridized carbons (Fsp3) is 0.280. The molecular formula is C25H26N2O3S. The van der Waals surface area contributed by atoms with Crippen molar-refractivity contribution >= 4 is 23.3 Å². The topological polar surface area (TPSA) is 51.7 Å². The molecule has 0 spiro atoms. The van der Waals surface area contributed by atoms with Crippen molar-refractivity contribution in [2.45, 2.75) is 19.5 Å². The number of amides is 1. The van der Waals surface area contributed by atoms with Crippen molar-refractivity contribution < 1.29 is 14.3 Å². The lowest BCUT2D eigenvalue weighted by Gasteiger charge is -2.21. The Bertz CT molecular complexity index is 983. The number of thiophene rings is 1. The van der Waals surface area contributed by atoms with Crippen LogP contribution >= 0.6 is 11.3 Å². The van der Waals surface area contributed by atoms with Crippen molar-refractivity contribution in [3.8, 4) is 5.75 Å². The van der Waals surface area contributed by atoms with E-state index in [2.05, 4.69) is 4.98 Å². The number of benzene rings is 1. The molecule has 2 aromatic heterocycles. The summed E-state index contributed by atoms with van der Waals surface area (Å²) in [6.07, 6.45) is 6.29. The summed E-state index contributed by atoms with van der Waals surface area (Å²) < 4.78 is 11.4. The standard InChI is InChI=1S/C25H26N2O3S/c28-25(10-9-24-8-4-14-31-24)27(17-22-6-1-2-12-26-22)16-20-5-3-7-23(15-20)30-19-21-11-13-29-18-21/h1-10,12,14-15,21H,11,13,16-19H2/b10-9+/t21-/m1/s1. The maximum atomic E-state index is 13.0. The highest BCUT2D eigenvalue weighted by molar-refractivity contribution is 7.10. The Hall–Kier alpha value is -2.96. The van der Waals surface area contributed by atoms with Crippen LogP contribution in [0.15, 0.2) is 72.3 Å². The van der Waals surface area contributed by atoms with Crippen molar-refractivity contribution in [1.82, 2.24) is 9.88 Å². The van der Waals surface area contributed by atoms with Gasteiger partial charge in [0.1, 0.15) is 5.75 Å². The van der Waals surface area contributed by atoms with E-state index >= 15 is 0 Å². The van der Waals surface area contributed by atoms with Crippen molar-refractivity contribution in [3.05, 3.63) is 88.4 Å². The zero-order chi connectivity index (χ0) is 21.3. The van der Waals surface area contributed by atoms with Gasteiger partial charge in [0.05, 0.1) is 25.5 Å². The molecule has 3 aromatic rings. The largest absolute Gasteiger partial charge is 0.493 e. The predicted octanol–water partition coefficient (Wildman–Crippen LogP) is 4.80. The van der Waals surface area contributed by atoms with Crippen LogP contribution < -0.4 is 4.74 Å². The van der Waals surface area contributed by atoms with Crippen LogP contribution in [0.5, 0.6) is 5.75 Å². The molecular weight excluding hydrogens is 408 g/mol. The van der Waals surface area contributed by atoms with Crippen LogP contribution in [0.4, 0.5) is 0 Å². The molecule has 0 unspecified atom stereocenters. The monoisotopic (exact) mass is 434 g/mol. The molecule has 1 aliphatic heterocycles. The van der Waals surface area contributed by atoms with E-state index in [-0.39, 0.29) is 5.91 Å². The van der Waals surface area contributed by atoms with Crippen LogP contribution in [0.3, 0.4) is 0 Å². The van der Waals surface area contributed by atoms with Gasteiger partial charge in [-0.25, -0.2) is 0 Å². The second-order valence-corrected chi connectivity index (χ2v) is 8.53. The lowest BCUT2D eigenvalue weighted by molar-refractivity contribution is -0.127. The van der Waals surface area contributed by atoms with Crippen molar-refractivity contribution in [2.24, 2.45) is 5.92 Å². The first-order valence-corrected chi connectivity index (χ1v) is 11.3. The molecule has 0 bridgehead atoms. The first kappa shape index (κ1) is 21.3. The van der Waals surface area contributed by atoms with Gasteiger partial charge in [-0.05, 0) is 53.8 Å². The molecule has 1 fully saturated rings. The molecule has 1 atom stereocenters. The third kappa shape index (κ3) is 6.51. The number of carbonyl (C=O) groups is 1. The average Bonchev–Trinajstić information content (AvgIpc) is 3.51. The second kappa shape index (κ2) is 10.9. The minimum absolute atomic E-state index is 0.0477. The zero-order valence-corrected chi connectivity index (χ0v) is 18.2. The molecule has 1 aliphatic rings. The molecule has 4 rings (SSSR count). The number of rotatable bonds is 9. The number of ether oxygens (including phenoxy) is 2. The Morgan fingerprint density at radius 3 is 2.94 bits per heavy atom. The zero-order valence-electron chi connectivity index (χ0n) is 17.4. The summed E-state index contributed by atoms with van der Waals surface area (Å²) in [5.74, 6) is 1.23. The van der Waals surface area contributed by atoms with Gasteiger partial charge >= 0.3 is 0 Å². The highest BCUT2D eigenvalue weighted by Crippen LogP contribution is 2.20. The fourth-order valence-electron chi connectivity index (χ4n) is 3.43. The smallest absolute Gasteiger partial charge is 0.247 e. The van der Waals surface area contributed by atoms with Gasteiger partial charge in [-0.1, -0.05) is 24.3 Å². The fourth-order valence-corrected chi connectivity index (χ4v) is 4.04. The summed E-state index contributed by atoms with van der Waals surface area (Å²) in [5.41, 5.74) is 1.88. The minimum atomic E-state index is -0.0477. The van der Waals surface area contributed by atoms with E-state index in [1.54, 1.807) is 28.5 Å².